The van der Waals surface area contributed by atoms with E-state index in [2.05, 4.69) is 105 Å². The van der Waals surface area contributed by atoms with Gasteiger partial charge in [-0.05, 0) is 30.9 Å². The molecule has 0 amide bonds. The molecule has 0 aliphatic heterocycles. The quantitative estimate of drug-likeness (QED) is 0.285. The van der Waals surface area contributed by atoms with E-state index in [9.17, 15) is 0 Å². The van der Waals surface area contributed by atoms with Gasteiger partial charge in [-0.1, -0.05) is 84.3 Å². The van der Waals surface area contributed by atoms with Gasteiger partial charge in [0.2, 0.25) is 0 Å². The Balaban J connectivity index is 0.00000210. The van der Waals surface area contributed by atoms with Crippen LogP contribution in [-0.2, 0) is 21.7 Å². The number of benzene rings is 3. The van der Waals surface area contributed by atoms with Crippen LogP contribution in [0.3, 0.4) is 0 Å². The topological polar surface area (TPSA) is 0 Å². The Bertz CT molecular complexity index is 948. The molecule has 3 aromatic rings. The third-order valence-corrected chi connectivity index (χ3v) is 5.05. The number of rotatable bonds is 4. The van der Waals surface area contributed by atoms with Gasteiger partial charge in [0.15, 0.2) is 0 Å². The van der Waals surface area contributed by atoms with Gasteiger partial charge in [-0.2, -0.15) is 23.3 Å². The van der Waals surface area contributed by atoms with Crippen LogP contribution in [0.15, 0.2) is 90.5 Å². The Labute approximate surface area is 214 Å². The van der Waals surface area contributed by atoms with E-state index in [1.165, 1.54) is 39.0 Å². The molecule has 30 heavy (non-hydrogen) atoms. The van der Waals surface area contributed by atoms with Gasteiger partial charge < -0.3 is 37.2 Å². The molecule has 0 spiro atoms. The fourth-order valence-electron chi connectivity index (χ4n) is 3.89. The molecule has 0 aromatic heterocycles. The SMILES string of the molecule is Cc1cccc(C(C2=C(c3ccccc3)[C-]=CC2)c2cccc(C)c2)c1.[Cl-].[Cl-].[Cl-].[Ti+4]. The van der Waals surface area contributed by atoms with Gasteiger partial charge in [0.1, 0.15) is 0 Å². The average molecular weight is 490 g/mol. The third kappa shape index (κ3) is 6.36. The van der Waals surface area contributed by atoms with Gasteiger partial charge in [0, 0.05) is 0 Å². The monoisotopic (exact) mass is 488 g/mol. The van der Waals surface area contributed by atoms with Gasteiger partial charge in [-0.3, -0.25) is 0 Å². The second-order valence-corrected chi connectivity index (χ2v) is 7.08. The van der Waals surface area contributed by atoms with Crippen molar-refractivity contribution in [3.8, 4) is 0 Å². The van der Waals surface area contributed by atoms with Crippen molar-refractivity contribution in [3.63, 3.8) is 0 Å². The number of halogens is 3. The van der Waals surface area contributed by atoms with Crippen molar-refractivity contribution in [2.24, 2.45) is 0 Å². The molecule has 0 saturated heterocycles. The maximum atomic E-state index is 3.53. The van der Waals surface area contributed by atoms with Crippen molar-refractivity contribution in [3.05, 3.63) is 124 Å². The summed E-state index contributed by atoms with van der Waals surface area (Å²) in [5.74, 6) is 0.260. The number of hydrogen-bond acceptors (Lipinski definition) is 0. The molecule has 0 N–H and O–H groups in total. The number of hydrogen-bond donors (Lipinski definition) is 0. The summed E-state index contributed by atoms with van der Waals surface area (Å²) in [7, 11) is 0. The first-order valence-corrected chi connectivity index (χ1v) is 9.22. The molecule has 0 saturated carbocycles. The van der Waals surface area contributed by atoms with Crippen molar-refractivity contribution in [1.82, 2.24) is 0 Å². The van der Waals surface area contributed by atoms with E-state index in [1.54, 1.807) is 0 Å². The van der Waals surface area contributed by atoms with Crippen LogP contribution in [0.5, 0.6) is 0 Å². The van der Waals surface area contributed by atoms with Crippen molar-refractivity contribution in [2.45, 2.75) is 26.2 Å². The van der Waals surface area contributed by atoms with Crippen LogP contribution >= 0.6 is 0 Å². The van der Waals surface area contributed by atoms with Gasteiger partial charge in [0.25, 0.3) is 0 Å². The van der Waals surface area contributed by atoms with Gasteiger partial charge in [-0.15, -0.1) is 17.7 Å². The molecule has 0 unspecified atom stereocenters. The summed E-state index contributed by atoms with van der Waals surface area (Å²) in [4.78, 5) is 0. The number of allylic oxidation sites excluding steroid dienone is 4. The van der Waals surface area contributed by atoms with Crippen molar-refractivity contribution >= 4 is 5.57 Å². The second-order valence-electron chi connectivity index (χ2n) is 7.08. The Morgan fingerprint density at radius 1 is 0.700 bits per heavy atom. The zero-order valence-corrected chi connectivity index (χ0v) is 20.8. The Kier molecular flexibility index (Phi) is 12.6. The van der Waals surface area contributed by atoms with Crippen LogP contribution in [0.2, 0.25) is 0 Å². The van der Waals surface area contributed by atoms with E-state index in [4.69, 9.17) is 0 Å². The predicted octanol–water partition coefficient (Wildman–Crippen LogP) is -2.34. The molecular weight excluding hydrogens is 467 g/mol. The standard InChI is InChI=1S/C26H23.3ClH.Ti/c1-19-9-6-13-22(17-19)26(23-14-7-10-20(2)18-23)25-16-8-15-24(25)21-11-4-3-5-12-21;;;;/h3-14,17-18,26H,16H2,1-2H3;3*1H;/q-1;;;;+4/p-3. The average Bonchev–Trinajstić information content (AvgIpc) is 3.12. The van der Waals surface area contributed by atoms with E-state index < -0.39 is 0 Å². The van der Waals surface area contributed by atoms with Crippen molar-refractivity contribution < 1.29 is 58.9 Å². The third-order valence-electron chi connectivity index (χ3n) is 5.05. The maximum Gasteiger partial charge on any atom is 4.00 e. The Morgan fingerprint density at radius 2 is 1.23 bits per heavy atom. The van der Waals surface area contributed by atoms with Crippen LogP contribution in [0.4, 0.5) is 0 Å². The van der Waals surface area contributed by atoms with Crippen molar-refractivity contribution in [2.75, 3.05) is 0 Å². The van der Waals surface area contributed by atoms with E-state index in [0.29, 0.717) is 0 Å². The summed E-state index contributed by atoms with van der Waals surface area (Å²) in [6.07, 6.45) is 6.66. The van der Waals surface area contributed by atoms with Gasteiger partial charge >= 0.3 is 21.7 Å². The molecule has 3 aromatic carbocycles. The molecule has 0 nitrogen and oxygen atoms in total. The molecule has 0 radical (unpaired) electrons. The molecule has 4 heteroatoms. The van der Waals surface area contributed by atoms with Crippen LogP contribution in [-0.4, -0.2) is 0 Å². The summed E-state index contributed by atoms with van der Waals surface area (Å²) in [6.45, 7) is 4.34. The van der Waals surface area contributed by atoms with E-state index in [0.717, 1.165) is 6.42 Å². The fraction of sp³-hybridized carbons (Fsp3) is 0.154. The summed E-state index contributed by atoms with van der Waals surface area (Å²) < 4.78 is 0. The van der Waals surface area contributed by atoms with E-state index >= 15 is 0 Å². The first-order valence-electron chi connectivity index (χ1n) is 9.22. The molecule has 0 bridgehead atoms. The zero-order chi connectivity index (χ0) is 17.9. The van der Waals surface area contributed by atoms with Crippen LogP contribution in [0, 0.1) is 19.9 Å². The minimum absolute atomic E-state index is 0. The predicted molar refractivity (Wildman–Crippen MR) is 110 cm³/mol. The number of aryl methyl sites for hydroxylation is 2. The van der Waals surface area contributed by atoms with Gasteiger partial charge in [0.05, 0.1) is 0 Å². The molecule has 0 heterocycles. The van der Waals surface area contributed by atoms with E-state index in [1.807, 2.05) is 0 Å². The zero-order valence-electron chi connectivity index (χ0n) is 17.0. The largest absolute Gasteiger partial charge is 4.00 e. The summed E-state index contributed by atoms with van der Waals surface area (Å²) in [5.41, 5.74) is 9.26. The van der Waals surface area contributed by atoms with Crippen molar-refractivity contribution in [1.29, 1.82) is 0 Å². The normalized spacial score (nSPS) is 11.8. The minimum Gasteiger partial charge on any atom is -1.00 e. The van der Waals surface area contributed by atoms with Crippen LogP contribution in [0.1, 0.15) is 40.2 Å². The first-order chi connectivity index (χ1) is 12.7. The molecule has 0 atom stereocenters. The molecule has 1 aliphatic rings. The molecule has 0 fully saturated rings. The second kappa shape index (κ2) is 13.2. The smallest absolute Gasteiger partial charge is 1.00 e. The van der Waals surface area contributed by atoms with Crippen LogP contribution < -0.4 is 37.2 Å². The Hall–Kier alpha value is -1.28. The first kappa shape index (κ1) is 28.7. The van der Waals surface area contributed by atoms with Gasteiger partial charge in [-0.25, -0.2) is 0 Å². The molecular formula is C26H23Cl3Ti. The minimum atomic E-state index is 0. The molecule has 152 valence electrons. The fourth-order valence-corrected chi connectivity index (χ4v) is 3.89. The molecule has 1 aliphatic carbocycles. The molecule has 4 rings (SSSR count). The summed E-state index contributed by atoms with van der Waals surface area (Å²) in [6, 6.07) is 28.5. The maximum absolute atomic E-state index is 3.53. The Morgan fingerprint density at radius 3 is 1.73 bits per heavy atom. The summed E-state index contributed by atoms with van der Waals surface area (Å²) >= 11 is 0. The summed E-state index contributed by atoms with van der Waals surface area (Å²) in [5, 5.41) is 0. The van der Waals surface area contributed by atoms with Crippen LogP contribution in [0.25, 0.3) is 5.57 Å². The van der Waals surface area contributed by atoms with E-state index in [-0.39, 0.29) is 64.9 Å².